The van der Waals surface area contributed by atoms with Crippen molar-refractivity contribution in [2.45, 2.75) is 12.8 Å². The summed E-state index contributed by atoms with van der Waals surface area (Å²) in [6.07, 6.45) is 1.50. The predicted octanol–water partition coefficient (Wildman–Crippen LogP) is 2.31. The summed E-state index contributed by atoms with van der Waals surface area (Å²) in [7, 11) is 1.59. The van der Waals surface area contributed by atoms with Gasteiger partial charge in [0, 0.05) is 0 Å². The van der Waals surface area contributed by atoms with Crippen molar-refractivity contribution in [2.75, 3.05) is 13.7 Å². The summed E-state index contributed by atoms with van der Waals surface area (Å²) >= 11 is 0. The van der Waals surface area contributed by atoms with E-state index in [1.54, 1.807) is 7.11 Å². The van der Waals surface area contributed by atoms with Gasteiger partial charge in [0.25, 0.3) is 0 Å². The highest BCUT2D eigenvalue weighted by Crippen LogP contribution is 2.36. The van der Waals surface area contributed by atoms with Gasteiger partial charge in [-0.25, -0.2) is 4.39 Å². The molecule has 0 heterocycles. The lowest BCUT2D eigenvalue weighted by Gasteiger charge is -2.05. The number of hydrogen-bond acceptors (Lipinski definition) is 2. The van der Waals surface area contributed by atoms with Crippen molar-refractivity contribution in [3.8, 4) is 5.75 Å². The van der Waals surface area contributed by atoms with Gasteiger partial charge in [0.1, 0.15) is 11.6 Å². The van der Waals surface area contributed by atoms with Gasteiger partial charge in [-0.15, -0.1) is 0 Å². The fraction of sp³-hybridized carbons (Fsp3) is 0.333. The molecule has 0 amide bonds. The molecule has 0 aliphatic heterocycles. The highest BCUT2D eigenvalue weighted by atomic mass is 19.1. The fourth-order valence-electron chi connectivity index (χ4n) is 1.95. The van der Waals surface area contributed by atoms with Crippen LogP contribution in [0.2, 0.25) is 0 Å². The summed E-state index contributed by atoms with van der Waals surface area (Å²) < 4.78 is 18.4. The van der Waals surface area contributed by atoms with E-state index in [4.69, 9.17) is 9.84 Å². The predicted molar refractivity (Wildman–Crippen MR) is 56.4 cm³/mol. The molecule has 1 N–H and O–H groups in total. The number of aliphatic hydroxyl groups excluding tert-OH is 1. The fourth-order valence-corrected chi connectivity index (χ4v) is 1.95. The van der Waals surface area contributed by atoms with Crippen LogP contribution in [0.1, 0.15) is 17.5 Å². The first-order chi connectivity index (χ1) is 7.26. The second-order valence-electron chi connectivity index (χ2n) is 3.56. The van der Waals surface area contributed by atoms with Gasteiger partial charge in [-0.3, -0.25) is 0 Å². The van der Waals surface area contributed by atoms with Crippen LogP contribution in [0.25, 0.3) is 5.57 Å². The van der Waals surface area contributed by atoms with E-state index in [1.165, 1.54) is 0 Å². The van der Waals surface area contributed by atoms with Crippen LogP contribution in [-0.4, -0.2) is 18.8 Å². The van der Waals surface area contributed by atoms with E-state index in [2.05, 4.69) is 0 Å². The van der Waals surface area contributed by atoms with Crippen molar-refractivity contribution in [1.82, 2.24) is 0 Å². The zero-order valence-electron chi connectivity index (χ0n) is 8.59. The monoisotopic (exact) mass is 208 g/mol. The van der Waals surface area contributed by atoms with Crippen molar-refractivity contribution < 1.29 is 14.2 Å². The minimum Gasteiger partial charge on any atom is -0.497 e. The number of rotatable bonds is 2. The lowest BCUT2D eigenvalue weighted by Crippen LogP contribution is -1.90. The molecular formula is C12H13FO2. The number of halogens is 1. The van der Waals surface area contributed by atoms with Crippen LogP contribution in [0.5, 0.6) is 5.75 Å². The van der Waals surface area contributed by atoms with Crippen molar-refractivity contribution in [3.63, 3.8) is 0 Å². The zero-order chi connectivity index (χ0) is 10.8. The molecule has 1 aromatic rings. The molecule has 1 aromatic carbocycles. The highest BCUT2D eigenvalue weighted by Gasteiger charge is 2.20. The molecule has 0 saturated heterocycles. The first kappa shape index (κ1) is 10.2. The summed E-state index contributed by atoms with van der Waals surface area (Å²) in [6, 6.07) is 5.65. The summed E-state index contributed by atoms with van der Waals surface area (Å²) in [5.74, 6) is 0.292. The number of benzene rings is 1. The number of ether oxygens (including phenoxy) is 1. The van der Waals surface area contributed by atoms with E-state index in [1.807, 2.05) is 18.2 Å². The Hall–Kier alpha value is -1.35. The van der Waals surface area contributed by atoms with Crippen LogP contribution in [0.15, 0.2) is 24.0 Å². The van der Waals surface area contributed by atoms with Crippen LogP contribution in [0, 0.1) is 0 Å². The van der Waals surface area contributed by atoms with E-state index in [-0.39, 0.29) is 0 Å². The molecule has 1 aliphatic carbocycles. The number of methoxy groups -OCH3 is 1. The smallest absolute Gasteiger partial charge is 0.129 e. The SMILES string of the molecule is COc1ccc2c(c1)/C(=C(/F)CO)CC2. The Morgan fingerprint density at radius 3 is 2.93 bits per heavy atom. The Morgan fingerprint density at radius 1 is 1.47 bits per heavy atom. The molecule has 0 spiro atoms. The van der Waals surface area contributed by atoms with Gasteiger partial charge in [-0.1, -0.05) is 6.07 Å². The average Bonchev–Trinajstić information content (AvgIpc) is 2.70. The average molecular weight is 208 g/mol. The number of aliphatic hydroxyl groups is 1. The van der Waals surface area contributed by atoms with E-state index in [9.17, 15) is 4.39 Å². The van der Waals surface area contributed by atoms with Crippen molar-refractivity contribution >= 4 is 5.57 Å². The molecule has 0 unspecified atom stereocenters. The van der Waals surface area contributed by atoms with Crippen LogP contribution in [0.3, 0.4) is 0 Å². The summed E-state index contributed by atoms with van der Waals surface area (Å²) in [4.78, 5) is 0. The maximum absolute atomic E-state index is 13.3. The molecule has 3 heteroatoms. The van der Waals surface area contributed by atoms with E-state index < -0.39 is 12.4 Å². The molecule has 15 heavy (non-hydrogen) atoms. The molecule has 2 rings (SSSR count). The van der Waals surface area contributed by atoms with Gasteiger partial charge in [-0.2, -0.15) is 0 Å². The van der Waals surface area contributed by atoms with Crippen LogP contribution < -0.4 is 4.74 Å². The molecular weight excluding hydrogens is 195 g/mol. The number of aryl methyl sites for hydroxylation is 1. The molecule has 0 aromatic heterocycles. The van der Waals surface area contributed by atoms with Crippen molar-refractivity contribution in [3.05, 3.63) is 35.2 Å². The third kappa shape index (κ3) is 1.75. The molecule has 0 radical (unpaired) electrons. The standard InChI is InChI=1S/C12H13FO2/c1-15-9-4-2-8-3-5-10(11(8)6-9)12(13)7-14/h2,4,6,14H,3,5,7H2,1H3/b12-10+. The Bertz CT molecular complexity index is 410. The highest BCUT2D eigenvalue weighted by molar-refractivity contribution is 5.75. The Morgan fingerprint density at radius 2 is 2.27 bits per heavy atom. The number of hydrogen-bond donors (Lipinski definition) is 1. The second kappa shape index (κ2) is 4.03. The summed E-state index contributed by atoms with van der Waals surface area (Å²) in [6.45, 7) is -0.522. The lowest BCUT2D eigenvalue weighted by atomic mass is 10.1. The summed E-state index contributed by atoms with van der Waals surface area (Å²) in [5, 5.41) is 8.78. The third-order valence-corrected chi connectivity index (χ3v) is 2.75. The Kier molecular flexibility index (Phi) is 2.73. The first-order valence-electron chi connectivity index (χ1n) is 4.92. The number of fused-ring (bicyclic) bond motifs is 1. The Labute approximate surface area is 88.0 Å². The molecule has 80 valence electrons. The van der Waals surface area contributed by atoms with Gasteiger partial charge in [0.05, 0.1) is 13.7 Å². The van der Waals surface area contributed by atoms with Crippen LogP contribution in [-0.2, 0) is 6.42 Å². The van der Waals surface area contributed by atoms with Crippen molar-refractivity contribution in [2.24, 2.45) is 0 Å². The maximum Gasteiger partial charge on any atom is 0.129 e. The topological polar surface area (TPSA) is 29.5 Å². The lowest BCUT2D eigenvalue weighted by molar-refractivity contribution is 0.299. The third-order valence-electron chi connectivity index (χ3n) is 2.75. The largest absolute Gasteiger partial charge is 0.497 e. The van der Waals surface area contributed by atoms with Gasteiger partial charge < -0.3 is 9.84 Å². The maximum atomic E-state index is 13.3. The second-order valence-corrected chi connectivity index (χ2v) is 3.56. The molecule has 0 atom stereocenters. The van der Waals surface area contributed by atoms with Gasteiger partial charge in [0.15, 0.2) is 0 Å². The van der Waals surface area contributed by atoms with Crippen LogP contribution >= 0.6 is 0 Å². The van der Waals surface area contributed by atoms with Gasteiger partial charge in [0.2, 0.25) is 0 Å². The quantitative estimate of drug-likeness (QED) is 0.808. The molecule has 1 aliphatic rings. The number of allylic oxidation sites excluding steroid dienone is 1. The van der Waals surface area contributed by atoms with E-state index >= 15 is 0 Å². The van der Waals surface area contributed by atoms with Crippen LogP contribution in [0.4, 0.5) is 4.39 Å². The molecule has 0 fully saturated rings. The Balaban J connectivity index is 2.49. The zero-order valence-corrected chi connectivity index (χ0v) is 8.59. The van der Waals surface area contributed by atoms with E-state index in [0.717, 1.165) is 23.3 Å². The minimum atomic E-state index is -0.522. The summed E-state index contributed by atoms with van der Waals surface area (Å²) in [5.41, 5.74) is 2.61. The first-order valence-corrected chi connectivity index (χ1v) is 4.92. The van der Waals surface area contributed by atoms with E-state index in [0.29, 0.717) is 12.0 Å². The van der Waals surface area contributed by atoms with Gasteiger partial charge >= 0.3 is 0 Å². The van der Waals surface area contributed by atoms with Crippen molar-refractivity contribution in [1.29, 1.82) is 0 Å². The normalized spacial score (nSPS) is 17.5. The molecule has 0 saturated carbocycles. The minimum absolute atomic E-state index is 0.429. The van der Waals surface area contributed by atoms with Gasteiger partial charge in [-0.05, 0) is 41.7 Å². The molecule has 0 bridgehead atoms. The molecule has 2 nitrogen and oxygen atoms in total.